The summed E-state index contributed by atoms with van der Waals surface area (Å²) in [6, 6.07) is 0. The number of ether oxygens (including phenoxy) is 4. The second-order valence-corrected chi connectivity index (χ2v) is 5.04. The summed E-state index contributed by atoms with van der Waals surface area (Å²) in [5, 5.41) is 38.2. The molecule has 0 spiro atoms. The van der Waals surface area contributed by atoms with E-state index in [0.717, 1.165) is 0 Å². The Bertz CT molecular complexity index is 326. The molecule has 3 aliphatic heterocycles. The zero-order valence-electron chi connectivity index (χ0n) is 10.2. The second kappa shape index (κ2) is 5.23. The minimum Gasteiger partial charge on any atom is -0.394 e. The Morgan fingerprint density at radius 1 is 1.05 bits per heavy atom. The average Bonchev–Trinajstić information content (AvgIpc) is 2.85. The first kappa shape index (κ1) is 13.7. The van der Waals surface area contributed by atoms with Crippen molar-refractivity contribution < 1.29 is 39.4 Å². The minimum absolute atomic E-state index is 0.186. The first-order valence-corrected chi connectivity index (χ1v) is 6.31. The van der Waals surface area contributed by atoms with E-state index in [1.165, 1.54) is 0 Å². The highest BCUT2D eigenvalue weighted by Gasteiger charge is 2.51. The van der Waals surface area contributed by atoms with Crippen molar-refractivity contribution in [2.24, 2.45) is 0 Å². The van der Waals surface area contributed by atoms with Gasteiger partial charge in [0.1, 0.15) is 42.7 Å². The van der Waals surface area contributed by atoms with Gasteiger partial charge in [-0.05, 0) is 0 Å². The molecule has 0 unspecified atom stereocenters. The molecule has 3 rings (SSSR count). The zero-order chi connectivity index (χ0) is 13.6. The van der Waals surface area contributed by atoms with E-state index >= 15 is 0 Å². The normalized spacial score (nSPS) is 53.7. The number of hydrogen-bond acceptors (Lipinski definition) is 8. The Morgan fingerprint density at radius 3 is 2.53 bits per heavy atom. The van der Waals surface area contributed by atoms with E-state index in [-0.39, 0.29) is 12.7 Å². The van der Waals surface area contributed by atoms with Crippen LogP contribution < -0.4 is 0 Å². The summed E-state index contributed by atoms with van der Waals surface area (Å²) in [6.07, 6.45) is -6.62. The van der Waals surface area contributed by atoms with E-state index in [2.05, 4.69) is 0 Å². The highest BCUT2D eigenvalue weighted by atomic mass is 16.7. The molecule has 0 aromatic rings. The van der Waals surface area contributed by atoms with Crippen LogP contribution in [0.1, 0.15) is 0 Å². The molecule has 8 nitrogen and oxygen atoms in total. The van der Waals surface area contributed by atoms with Crippen LogP contribution in [0.4, 0.5) is 0 Å². The second-order valence-electron chi connectivity index (χ2n) is 5.04. The number of aliphatic hydroxyl groups excluding tert-OH is 4. The molecule has 3 heterocycles. The van der Waals surface area contributed by atoms with Crippen molar-refractivity contribution in [3.63, 3.8) is 0 Å². The number of rotatable bonds is 3. The van der Waals surface area contributed by atoms with Crippen LogP contribution in [0.5, 0.6) is 0 Å². The predicted octanol–water partition coefficient (Wildman–Crippen LogP) is -3.03. The molecule has 8 heteroatoms. The smallest absolute Gasteiger partial charge is 0.187 e. The van der Waals surface area contributed by atoms with E-state index in [1.807, 2.05) is 0 Å². The molecule has 0 amide bonds. The molecule has 0 saturated carbocycles. The summed E-state index contributed by atoms with van der Waals surface area (Å²) in [7, 11) is 0. The van der Waals surface area contributed by atoms with E-state index in [0.29, 0.717) is 6.61 Å². The van der Waals surface area contributed by atoms with Crippen LogP contribution in [0.15, 0.2) is 0 Å². The quantitative estimate of drug-likeness (QED) is 0.430. The topological polar surface area (TPSA) is 118 Å². The van der Waals surface area contributed by atoms with E-state index in [4.69, 9.17) is 24.1 Å². The third-order valence-corrected chi connectivity index (χ3v) is 3.79. The summed E-state index contributed by atoms with van der Waals surface area (Å²) < 4.78 is 21.6. The predicted molar refractivity (Wildman–Crippen MR) is 58.1 cm³/mol. The van der Waals surface area contributed by atoms with Gasteiger partial charge in [-0.2, -0.15) is 0 Å². The van der Waals surface area contributed by atoms with Crippen molar-refractivity contribution in [3.8, 4) is 0 Å². The average molecular weight is 278 g/mol. The fourth-order valence-corrected chi connectivity index (χ4v) is 2.69. The molecule has 0 aliphatic carbocycles. The Morgan fingerprint density at radius 2 is 1.84 bits per heavy atom. The van der Waals surface area contributed by atoms with Crippen molar-refractivity contribution in [1.82, 2.24) is 0 Å². The maximum Gasteiger partial charge on any atom is 0.187 e. The maximum absolute atomic E-state index is 9.79. The lowest BCUT2D eigenvalue weighted by molar-refractivity contribution is -0.239. The minimum atomic E-state index is -1.25. The Hall–Kier alpha value is -0.320. The van der Waals surface area contributed by atoms with Gasteiger partial charge in [-0.25, -0.2) is 0 Å². The molecule has 110 valence electrons. The fourth-order valence-electron chi connectivity index (χ4n) is 2.69. The van der Waals surface area contributed by atoms with Gasteiger partial charge in [0.15, 0.2) is 6.29 Å². The highest BCUT2D eigenvalue weighted by Crippen LogP contribution is 2.32. The molecule has 0 radical (unpaired) electrons. The standard InChI is InChI=1S/C11H18O8/c12-1-5-7(14)8(15)11(18-5)19-10-6-3-17-9(10)4(13)2-16-6/h4-15H,1-3H2/t4-,5+,6+,7+,8-,9-,10-,11+/m0/s1. The fraction of sp³-hybridized carbons (Fsp3) is 1.00. The molecule has 0 aromatic carbocycles. The molecule has 3 fully saturated rings. The van der Waals surface area contributed by atoms with Crippen molar-refractivity contribution >= 4 is 0 Å². The third kappa shape index (κ3) is 2.28. The van der Waals surface area contributed by atoms with Crippen molar-refractivity contribution in [2.75, 3.05) is 19.8 Å². The molecular formula is C11H18O8. The monoisotopic (exact) mass is 278 g/mol. The van der Waals surface area contributed by atoms with Crippen LogP contribution in [0, 0.1) is 0 Å². The van der Waals surface area contributed by atoms with Gasteiger partial charge in [-0.3, -0.25) is 0 Å². The number of fused-ring (bicyclic) bond motifs is 2. The molecule has 8 atom stereocenters. The van der Waals surface area contributed by atoms with Crippen LogP contribution in [0.2, 0.25) is 0 Å². The molecule has 19 heavy (non-hydrogen) atoms. The van der Waals surface area contributed by atoms with Crippen molar-refractivity contribution in [3.05, 3.63) is 0 Å². The lowest BCUT2D eigenvalue weighted by Gasteiger charge is -2.33. The van der Waals surface area contributed by atoms with Gasteiger partial charge in [0.2, 0.25) is 0 Å². The summed E-state index contributed by atoms with van der Waals surface area (Å²) in [5.41, 5.74) is 0. The molecule has 3 aliphatic rings. The van der Waals surface area contributed by atoms with Gasteiger partial charge in [0.25, 0.3) is 0 Å². The molecule has 0 aromatic heterocycles. The Balaban J connectivity index is 1.66. The Kier molecular flexibility index (Phi) is 3.76. The highest BCUT2D eigenvalue weighted by molar-refractivity contribution is 4.96. The summed E-state index contributed by atoms with van der Waals surface area (Å²) in [5.74, 6) is 0. The van der Waals surface area contributed by atoms with E-state index < -0.39 is 49.5 Å². The van der Waals surface area contributed by atoms with Gasteiger partial charge < -0.3 is 39.4 Å². The van der Waals surface area contributed by atoms with Crippen LogP contribution in [0.3, 0.4) is 0 Å². The maximum atomic E-state index is 9.79. The van der Waals surface area contributed by atoms with Crippen molar-refractivity contribution in [2.45, 2.75) is 49.0 Å². The van der Waals surface area contributed by atoms with Crippen LogP contribution in [-0.2, 0) is 18.9 Å². The largest absolute Gasteiger partial charge is 0.394 e. The van der Waals surface area contributed by atoms with Gasteiger partial charge in [-0.1, -0.05) is 0 Å². The zero-order valence-corrected chi connectivity index (χ0v) is 10.2. The first-order valence-electron chi connectivity index (χ1n) is 6.31. The van der Waals surface area contributed by atoms with Gasteiger partial charge in [-0.15, -0.1) is 0 Å². The molecule has 3 saturated heterocycles. The van der Waals surface area contributed by atoms with E-state index in [1.54, 1.807) is 0 Å². The first-order chi connectivity index (χ1) is 9.11. The van der Waals surface area contributed by atoms with Crippen molar-refractivity contribution in [1.29, 1.82) is 0 Å². The summed E-state index contributed by atoms with van der Waals surface area (Å²) >= 11 is 0. The van der Waals surface area contributed by atoms with Crippen LogP contribution in [-0.4, -0.2) is 89.3 Å². The molecule has 2 bridgehead atoms. The third-order valence-electron chi connectivity index (χ3n) is 3.79. The number of hydrogen-bond donors (Lipinski definition) is 4. The Labute approximate surface area is 109 Å². The summed E-state index contributed by atoms with van der Waals surface area (Å²) in [4.78, 5) is 0. The van der Waals surface area contributed by atoms with Gasteiger partial charge in [0.05, 0.1) is 19.8 Å². The molecule has 4 N–H and O–H groups in total. The van der Waals surface area contributed by atoms with Crippen LogP contribution >= 0.6 is 0 Å². The van der Waals surface area contributed by atoms with Gasteiger partial charge >= 0.3 is 0 Å². The van der Waals surface area contributed by atoms with Crippen LogP contribution in [0.25, 0.3) is 0 Å². The van der Waals surface area contributed by atoms with E-state index in [9.17, 15) is 15.3 Å². The SMILES string of the molecule is OC[C@H]1O[C@H](O[C@@H]2[C@H]3OC[C@H]2OC[C@@H]3O)[C@@H](O)[C@@H]1O. The molecular weight excluding hydrogens is 260 g/mol. The lowest BCUT2D eigenvalue weighted by Crippen LogP contribution is -2.51. The number of aliphatic hydroxyl groups is 4. The van der Waals surface area contributed by atoms with Gasteiger partial charge in [0, 0.05) is 0 Å². The lowest BCUT2D eigenvalue weighted by atomic mass is 10.0. The summed E-state index contributed by atoms with van der Waals surface area (Å²) in [6.45, 7) is 0.0809.